The summed E-state index contributed by atoms with van der Waals surface area (Å²) >= 11 is 5.89. The van der Waals surface area contributed by atoms with Gasteiger partial charge in [-0.1, -0.05) is 0 Å². The average Bonchev–Trinajstić information content (AvgIpc) is 2.98. The van der Waals surface area contributed by atoms with E-state index in [0.717, 1.165) is 5.56 Å². The summed E-state index contributed by atoms with van der Waals surface area (Å²) in [7, 11) is 1.31. The molecule has 0 bridgehead atoms. The number of alkyl carbamates (subject to hydrolysis) is 1. The summed E-state index contributed by atoms with van der Waals surface area (Å²) in [5, 5.41) is 2.78. The molecule has 9 heteroatoms. The molecule has 0 radical (unpaired) electrons. The van der Waals surface area contributed by atoms with Crippen LogP contribution in [0.2, 0.25) is 5.28 Å². The molecule has 2 aromatic rings. The first-order chi connectivity index (χ1) is 12.6. The Kier molecular flexibility index (Phi) is 6.43. The second-order valence-corrected chi connectivity index (χ2v) is 7.24. The molecule has 2 heterocycles. The topological polar surface area (TPSA) is 95.3 Å². The number of halogens is 1. The number of nitrogens with one attached hydrogen (secondary N) is 1. The van der Waals surface area contributed by atoms with Crippen molar-refractivity contribution in [3.8, 4) is 11.3 Å². The summed E-state index contributed by atoms with van der Waals surface area (Å²) in [6.07, 6.45) is 2.85. The van der Waals surface area contributed by atoms with Gasteiger partial charge < -0.3 is 19.4 Å². The molecule has 0 fully saturated rings. The van der Waals surface area contributed by atoms with Gasteiger partial charge in [0.25, 0.3) is 0 Å². The Morgan fingerprint density at radius 2 is 2.04 bits per heavy atom. The van der Waals surface area contributed by atoms with Crippen LogP contribution in [0.25, 0.3) is 11.3 Å². The largest absolute Gasteiger partial charge is 0.464 e. The molecule has 0 saturated carbocycles. The van der Waals surface area contributed by atoms with Gasteiger partial charge in [0, 0.05) is 31.0 Å². The number of ether oxygens (including phenoxy) is 2. The van der Waals surface area contributed by atoms with Crippen molar-refractivity contribution in [1.29, 1.82) is 0 Å². The zero-order valence-electron chi connectivity index (χ0n) is 16.0. The number of rotatable bonds is 5. The van der Waals surface area contributed by atoms with E-state index in [1.807, 2.05) is 6.92 Å². The Labute approximate surface area is 162 Å². The number of esters is 1. The highest BCUT2D eigenvalue weighted by molar-refractivity contribution is 6.28. The third-order valence-corrected chi connectivity index (χ3v) is 3.71. The van der Waals surface area contributed by atoms with Crippen LogP contribution in [0.15, 0.2) is 18.5 Å². The number of nitrogens with zero attached hydrogens (tertiary/aromatic N) is 3. The number of methoxy groups -OCH3 is 1. The molecule has 0 aliphatic heterocycles. The third-order valence-electron chi connectivity index (χ3n) is 3.53. The van der Waals surface area contributed by atoms with E-state index in [0.29, 0.717) is 23.5 Å². The lowest BCUT2D eigenvalue weighted by molar-refractivity contribution is 0.0526. The van der Waals surface area contributed by atoms with Crippen molar-refractivity contribution in [1.82, 2.24) is 19.9 Å². The van der Waals surface area contributed by atoms with E-state index < -0.39 is 17.7 Å². The maximum atomic E-state index is 12.1. The first-order valence-electron chi connectivity index (χ1n) is 8.35. The van der Waals surface area contributed by atoms with Crippen molar-refractivity contribution in [3.63, 3.8) is 0 Å². The van der Waals surface area contributed by atoms with Crippen molar-refractivity contribution < 1.29 is 19.1 Å². The number of hydrogen-bond acceptors (Lipinski definition) is 6. The second-order valence-electron chi connectivity index (χ2n) is 6.90. The molecule has 2 rings (SSSR count). The Morgan fingerprint density at radius 1 is 1.33 bits per heavy atom. The number of aromatic nitrogens is 3. The molecule has 1 amide bonds. The van der Waals surface area contributed by atoms with Crippen LogP contribution in [0.4, 0.5) is 4.79 Å². The number of carbonyl (C=O) groups excluding carboxylic acids is 2. The zero-order chi connectivity index (χ0) is 20.2. The molecular weight excluding hydrogens is 372 g/mol. The van der Waals surface area contributed by atoms with E-state index in [-0.39, 0.29) is 11.8 Å². The molecular formula is C18H23ClN4O4. The molecule has 0 unspecified atom stereocenters. The van der Waals surface area contributed by atoms with Crippen LogP contribution < -0.4 is 5.32 Å². The molecule has 0 spiro atoms. The Hall–Kier alpha value is -2.61. The SMILES string of the molecule is COC(=O)c1cc(-c2nc(Cl)ncc2C)cn1CCNC(=O)OC(C)(C)C. The predicted octanol–water partition coefficient (Wildman–Crippen LogP) is 3.22. The smallest absolute Gasteiger partial charge is 0.407 e. The molecule has 0 saturated heterocycles. The normalized spacial score (nSPS) is 11.2. The monoisotopic (exact) mass is 394 g/mol. The van der Waals surface area contributed by atoms with E-state index in [1.165, 1.54) is 7.11 Å². The number of hydrogen-bond donors (Lipinski definition) is 1. The van der Waals surface area contributed by atoms with E-state index in [9.17, 15) is 9.59 Å². The van der Waals surface area contributed by atoms with Gasteiger partial charge in [-0.15, -0.1) is 0 Å². The quantitative estimate of drug-likeness (QED) is 0.618. The molecule has 2 aromatic heterocycles. The van der Waals surface area contributed by atoms with Gasteiger partial charge in [0.15, 0.2) is 0 Å². The molecule has 0 atom stereocenters. The maximum absolute atomic E-state index is 12.1. The summed E-state index contributed by atoms with van der Waals surface area (Å²) in [4.78, 5) is 32.0. The van der Waals surface area contributed by atoms with Gasteiger partial charge in [-0.2, -0.15) is 0 Å². The molecule has 0 aliphatic rings. The Balaban J connectivity index is 2.20. The van der Waals surface area contributed by atoms with Gasteiger partial charge in [-0.3, -0.25) is 0 Å². The number of aryl methyl sites for hydroxylation is 1. The van der Waals surface area contributed by atoms with Gasteiger partial charge in [0.1, 0.15) is 11.3 Å². The highest BCUT2D eigenvalue weighted by Crippen LogP contribution is 2.24. The van der Waals surface area contributed by atoms with Crippen LogP contribution in [-0.4, -0.2) is 45.9 Å². The second kappa shape index (κ2) is 8.39. The summed E-state index contributed by atoms with van der Waals surface area (Å²) < 4.78 is 11.7. The van der Waals surface area contributed by atoms with Crippen molar-refractivity contribution in [3.05, 3.63) is 35.0 Å². The van der Waals surface area contributed by atoms with Crippen LogP contribution >= 0.6 is 11.6 Å². The van der Waals surface area contributed by atoms with Gasteiger partial charge in [-0.05, 0) is 50.9 Å². The van der Waals surface area contributed by atoms with Gasteiger partial charge in [0.2, 0.25) is 5.28 Å². The fourth-order valence-corrected chi connectivity index (χ4v) is 2.54. The van der Waals surface area contributed by atoms with E-state index in [1.54, 1.807) is 43.8 Å². The molecule has 8 nitrogen and oxygen atoms in total. The average molecular weight is 395 g/mol. The summed E-state index contributed by atoms with van der Waals surface area (Å²) in [6, 6.07) is 1.67. The summed E-state index contributed by atoms with van der Waals surface area (Å²) in [5.41, 5.74) is 1.91. The van der Waals surface area contributed by atoms with Crippen molar-refractivity contribution >= 4 is 23.7 Å². The zero-order valence-corrected chi connectivity index (χ0v) is 16.8. The van der Waals surface area contributed by atoms with Crippen molar-refractivity contribution in [2.75, 3.05) is 13.7 Å². The standard InChI is InChI=1S/C18H23ClN4O4/c1-11-9-21-16(19)22-14(11)12-8-13(15(24)26-5)23(10-12)7-6-20-17(25)27-18(2,3)4/h8-10H,6-7H2,1-5H3,(H,20,25). The molecule has 146 valence electrons. The third kappa shape index (κ3) is 5.68. The molecule has 27 heavy (non-hydrogen) atoms. The Bertz CT molecular complexity index is 842. The van der Waals surface area contributed by atoms with E-state index in [2.05, 4.69) is 15.3 Å². The fraction of sp³-hybridized carbons (Fsp3) is 0.444. The maximum Gasteiger partial charge on any atom is 0.407 e. The summed E-state index contributed by atoms with van der Waals surface area (Å²) in [6.45, 7) is 7.84. The van der Waals surface area contributed by atoms with Crippen LogP contribution in [-0.2, 0) is 16.0 Å². The van der Waals surface area contributed by atoms with Crippen molar-refractivity contribution in [2.45, 2.75) is 39.8 Å². The van der Waals surface area contributed by atoms with E-state index >= 15 is 0 Å². The van der Waals surface area contributed by atoms with Gasteiger partial charge >= 0.3 is 12.1 Å². The minimum absolute atomic E-state index is 0.120. The molecule has 0 aliphatic carbocycles. The molecule has 1 N–H and O–H groups in total. The minimum Gasteiger partial charge on any atom is -0.464 e. The highest BCUT2D eigenvalue weighted by Gasteiger charge is 2.18. The first kappa shape index (κ1) is 20.7. The van der Waals surface area contributed by atoms with Crippen LogP contribution in [0.1, 0.15) is 36.8 Å². The lowest BCUT2D eigenvalue weighted by Crippen LogP contribution is -2.34. The van der Waals surface area contributed by atoms with Crippen LogP contribution in [0.3, 0.4) is 0 Å². The first-order valence-corrected chi connectivity index (χ1v) is 8.73. The van der Waals surface area contributed by atoms with Crippen molar-refractivity contribution in [2.24, 2.45) is 0 Å². The molecule has 0 aromatic carbocycles. The Morgan fingerprint density at radius 3 is 2.67 bits per heavy atom. The number of amides is 1. The van der Waals surface area contributed by atoms with E-state index in [4.69, 9.17) is 21.1 Å². The van der Waals surface area contributed by atoms with Crippen LogP contribution in [0, 0.1) is 6.92 Å². The lowest BCUT2D eigenvalue weighted by atomic mass is 10.1. The summed E-state index contributed by atoms with van der Waals surface area (Å²) in [5.74, 6) is -0.490. The van der Waals surface area contributed by atoms with Crippen LogP contribution in [0.5, 0.6) is 0 Å². The predicted molar refractivity (Wildman–Crippen MR) is 101 cm³/mol. The number of carbonyl (C=O) groups is 2. The fourth-order valence-electron chi connectivity index (χ4n) is 2.41. The lowest BCUT2D eigenvalue weighted by Gasteiger charge is -2.19. The van der Waals surface area contributed by atoms with Gasteiger partial charge in [-0.25, -0.2) is 19.6 Å². The van der Waals surface area contributed by atoms with Gasteiger partial charge in [0.05, 0.1) is 12.8 Å². The highest BCUT2D eigenvalue weighted by atomic mass is 35.5. The minimum atomic E-state index is -0.578.